The summed E-state index contributed by atoms with van der Waals surface area (Å²) in [5.74, 6) is 0.558. The maximum absolute atomic E-state index is 12.5. The molecule has 1 aromatic rings. The number of hydrogen-bond donors (Lipinski definition) is 2. The number of hydrogen-bond acceptors (Lipinski definition) is 4. The number of nitrogens with zero attached hydrogens (tertiary/aromatic N) is 1. The number of fused-ring (bicyclic) bond motifs is 5. The molecule has 3 aliphatic rings. The smallest absolute Gasteiger partial charge is 0.315 e. The molecular formula is C17H19N3O4. The number of furan rings is 1. The average Bonchev–Trinajstić information content (AvgIpc) is 3.33. The van der Waals surface area contributed by atoms with Gasteiger partial charge in [0.15, 0.2) is 0 Å². The van der Waals surface area contributed by atoms with Crippen LogP contribution in [0.2, 0.25) is 0 Å². The number of carbonyl (C=O) groups excluding carboxylic acids is 3. The maximum atomic E-state index is 12.5. The van der Waals surface area contributed by atoms with Crippen LogP contribution < -0.4 is 10.6 Å². The molecule has 0 spiro atoms. The summed E-state index contributed by atoms with van der Waals surface area (Å²) in [5, 5.41) is 5.32. The Kier molecular flexibility index (Phi) is 3.63. The van der Waals surface area contributed by atoms with E-state index in [4.69, 9.17) is 4.42 Å². The van der Waals surface area contributed by atoms with Gasteiger partial charge in [0.05, 0.1) is 24.6 Å². The molecule has 4 rings (SSSR count). The molecule has 7 heteroatoms. The molecule has 1 saturated carbocycles. The van der Waals surface area contributed by atoms with Crippen molar-refractivity contribution in [3.8, 4) is 0 Å². The van der Waals surface area contributed by atoms with Crippen molar-refractivity contribution in [3.63, 3.8) is 0 Å². The molecule has 1 aromatic heterocycles. The highest BCUT2D eigenvalue weighted by molar-refractivity contribution is 6.06. The number of imide groups is 1. The van der Waals surface area contributed by atoms with E-state index in [2.05, 4.69) is 22.8 Å². The van der Waals surface area contributed by atoms with Crippen LogP contribution >= 0.6 is 0 Å². The zero-order valence-corrected chi connectivity index (χ0v) is 13.1. The summed E-state index contributed by atoms with van der Waals surface area (Å²) < 4.78 is 5.12. The van der Waals surface area contributed by atoms with Crippen LogP contribution in [0.15, 0.2) is 35.0 Å². The van der Waals surface area contributed by atoms with E-state index in [-0.39, 0.29) is 54.6 Å². The number of carbonyl (C=O) groups is 3. The second-order valence-electron chi connectivity index (χ2n) is 6.52. The first-order valence-electron chi connectivity index (χ1n) is 8.23. The van der Waals surface area contributed by atoms with Gasteiger partial charge in [-0.15, -0.1) is 0 Å². The Bertz CT molecular complexity index is 667. The number of urea groups is 1. The molecule has 2 N–H and O–H groups in total. The molecular weight excluding hydrogens is 310 g/mol. The van der Waals surface area contributed by atoms with Crippen molar-refractivity contribution in [2.75, 3.05) is 13.1 Å². The highest BCUT2D eigenvalue weighted by Crippen LogP contribution is 2.52. The van der Waals surface area contributed by atoms with Crippen LogP contribution in [0.25, 0.3) is 0 Å². The lowest BCUT2D eigenvalue weighted by Crippen LogP contribution is -2.42. The number of likely N-dealkylation sites (tertiary alicyclic amines) is 1. The Morgan fingerprint density at radius 2 is 1.88 bits per heavy atom. The van der Waals surface area contributed by atoms with Gasteiger partial charge in [-0.3, -0.25) is 14.5 Å². The molecule has 7 nitrogen and oxygen atoms in total. The predicted molar refractivity (Wildman–Crippen MR) is 83.4 cm³/mol. The summed E-state index contributed by atoms with van der Waals surface area (Å²) >= 11 is 0. The topological polar surface area (TPSA) is 91.7 Å². The van der Waals surface area contributed by atoms with Gasteiger partial charge in [-0.05, 0) is 30.4 Å². The molecule has 0 radical (unpaired) electrons. The van der Waals surface area contributed by atoms with E-state index < -0.39 is 0 Å². The number of amides is 4. The Balaban J connectivity index is 1.25. The van der Waals surface area contributed by atoms with Crippen LogP contribution in [0, 0.1) is 23.7 Å². The average molecular weight is 329 g/mol. The fourth-order valence-electron chi connectivity index (χ4n) is 4.11. The Labute approximate surface area is 139 Å². The van der Waals surface area contributed by atoms with E-state index in [1.165, 1.54) is 4.90 Å². The molecule has 1 aliphatic heterocycles. The molecule has 4 atom stereocenters. The van der Waals surface area contributed by atoms with Gasteiger partial charge in [0.25, 0.3) is 0 Å². The van der Waals surface area contributed by atoms with Gasteiger partial charge < -0.3 is 15.1 Å². The number of rotatable bonds is 5. The highest BCUT2D eigenvalue weighted by atomic mass is 16.3. The van der Waals surface area contributed by atoms with E-state index in [1.54, 1.807) is 18.4 Å². The molecule has 0 aromatic carbocycles. The van der Waals surface area contributed by atoms with Crippen LogP contribution in [-0.2, 0) is 16.1 Å². The van der Waals surface area contributed by atoms with Crippen molar-refractivity contribution in [3.05, 3.63) is 36.3 Å². The summed E-state index contributed by atoms with van der Waals surface area (Å²) in [6.45, 7) is 0.752. The van der Waals surface area contributed by atoms with E-state index in [0.29, 0.717) is 12.3 Å². The highest BCUT2D eigenvalue weighted by Gasteiger charge is 2.58. The summed E-state index contributed by atoms with van der Waals surface area (Å²) in [7, 11) is 0. The van der Waals surface area contributed by atoms with Gasteiger partial charge >= 0.3 is 6.03 Å². The Hall–Kier alpha value is -2.57. The van der Waals surface area contributed by atoms with Crippen LogP contribution in [0.5, 0.6) is 0 Å². The van der Waals surface area contributed by atoms with Crippen LogP contribution in [0.3, 0.4) is 0 Å². The van der Waals surface area contributed by atoms with Crippen LogP contribution in [-0.4, -0.2) is 35.8 Å². The largest absolute Gasteiger partial charge is 0.467 e. The van der Waals surface area contributed by atoms with E-state index >= 15 is 0 Å². The van der Waals surface area contributed by atoms with Crippen molar-refractivity contribution in [2.24, 2.45) is 23.7 Å². The molecule has 24 heavy (non-hydrogen) atoms. The van der Waals surface area contributed by atoms with Gasteiger partial charge in [0.2, 0.25) is 11.8 Å². The summed E-state index contributed by atoms with van der Waals surface area (Å²) in [6.07, 6.45) is 6.61. The van der Waals surface area contributed by atoms with E-state index in [0.717, 1.165) is 6.42 Å². The molecule has 2 aliphatic carbocycles. The minimum atomic E-state index is -0.354. The summed E-state index contributed by atoms with van der Waals surface area (Å²) in [4.78, 5) is 38.0. The first-order chi connectivity index (χ1) is 11.6. The first kappa shape index (κ1) is 15.0. The lowest BCUT2D eigenvalue weighted by atomic mass is 9.85. The number of allylic oxidation sites excluding steroid dienone is 2. The zero-order valence-electron chi connectivity index (χ0n) is 13.1. The second kappa shape index (κ2) is 5.81. The fraction of sp³-hybridized carbons (Fsp3) is 0.471. The molecule has 2 fully saturated rings. The molecule has 0 unspecified atom stereocenters. The predicted octanol–water partition coefficient (Wildman–Crippen LogP) is 0.886. The number of nitrogens with one attached hydrogen (secondary N) is 2. The Morgan fingerprint density at radius 1 is 1.17 bits per heavy atom. The van der Waals surface area contributed by atoms with E-state index in [9.17, 15) is 14.4 Å². The lowest BCUT2D eigenvalue weighted by molar-refractivity contribution is -0.140. The minimum absolute atomic E-state index is 0.0837. The van der Waals surface area contributed by atoms with Crippen molar-refractivity contribution < 1.29 is 18.8 Å². The standard InChI is InChI=1S/C17H19N3O4/c21-15-13-10-3-4-11(8-10)14(13)16(22)20(15)6-5-18-17(23)19-9-12-2-1-7-24-12/h1-4,7,10-11,13-14H,5-6,8-9H2,(H2,18,19,23)/t10-,11-,13-,14+/m0/s1. The van der Waals surface area contributed by atoms with Crippen molar-refractivity contribution in [1.29, 1.82) is 0 Å². The van der Waals surface area contributed by atoms with Gasteiger partial charge in [-0.2, -0.15) is 0 Å². The molecule has 1 saturated heterocycles. The van der Waals surface area contributed by atoms with Crippen molar-refractivity contribution >= 4 is 17.8 Å². The zero-order chi connectivity index (χ0) is 16.7. The van der Waals surface area contributed by atoms with Crippen LogP contribution in [0.1, 0.15) is 12.2 Å². The van der Waals surface area contributed by atoms with Crippen molar-refractivity contribution in [2.45, 2.75) is 13.0 Å². The summed E-state index contributed by atoms with van der Waals surface area (Å²) in [6, 6.07) is 3.16. The molecule has 4 amide bonds. The van der Waals surface area contributed by atoms with Crippen LogP contribution in [0.4, 0.5) is 4.79 Å². The van der Waals surface area contributed by atoms with E-state index in [1.807, 2.05) is 0 Å². The van der Waals surface area contributed by atoms with Gasteiger partial charge in [0, 0.05) is 13.1 Å². The molecule has 2 bridgehead atoms. The normalized spacial score (nSPS) is 30.1. The Morgan fingerprint density at radius 3 is 2.50 bits per heavy atom. The fourth-order valence-corrected chi connectivity index (χ4v) is 4.11. The third kappa shape index (κ3) is 2.40. The molecule has 2 heterocycles. The monoisotopic (exact) mass is 329 g/mol. The molecule has 126 valence electrons. The third-order valence-electron chi connectivity index (χ3n) is 5.19. The first-order valence-corrected chi connectivity index (χ1v) is 8.23. The second-order valence-corrected chi connectivity index (χ2v) is 6.52. The van der Waals surface area contributed by atoms with Crippen molar-refractivity contribution in [1.82, 2.24) is 15.5 Å². The maximum Gasteiger partial charge on any atom is 0.315 e. The SMILES string of the molecule is O=C(NCCN1C(=O)[C@@H]2[C@H](C1=O)[C@H]1C=C[C@H]2C1)NCc1ccco1. The van der Waals surface area contributed by atoms with Gasteiger partial charge in [-0.1, -0.05) is 12.2 Å². The van der Waals surface area contributed by atoms with Gasteiger partial charge in [0.1, 0.15) is 5.76 Å². The lowest BCUT2D eigenvalue weighted by Gasteiger charge is -2.17. The minimum Gasteiger partial charge on any atom is -0.467 e. The quantitative estimate of drug-likeness (QED) is 0.620. The summed E-state index contributed by atoms with van der Waals surface area (Å²) in [5.41, 5.74) is 0. The third-order valence-corrected chi connectivity index (χ3v) is 5.19. The van der Waals surface area contributed by atoms with Gasteiger partial charge in [-0.25, -0.2) is 4.79 Å².